The molecular weight excluding hydrogens is 711 g/mol. The third-order valence-corrected chi connectivity index (χ3v) is 12.7. The van der Waals surface area contributed by atoms with E-state index in [-0.39, 0.29) is 31.5 Å². The van der Waals surface area contributed by atoms with Crippen LogP contribution in [0.25, 0.3) is 0 Å². The molecule has 3 rings (SSSR count). The van der Waals surface area contributed by atoms with E-state index in [1.165, 1.54) is 10.4 Å². The minimum absolute atomic E-state index is 0.0830. The monoisotopic (exact) mass is 758 g/mol. The zero-order valence-electron chi connectivity index (χ0n) is 29.7. The average Bonchev–Trinajstić information content (AvgIpc) is 3.14. The van der Waals surface area contributed by atoms with Crippen molar-refractivity contribution in [2.75, 3.05) is 85.9 Å². The zero-order valence-corrected chi connectivity index (χ0v) is 30.7. The molecule has 0 unspecified atom stereocenters. The first-order chi connectivity index (χ1) is 25.0. The summed E-state index contributed by atoms with van der Waals surface area (Å²) in [7, 11) is -2.58. The molecule has 0 bridgehead atoms. The second kappa shape index (κ2) is 22.7. The fourth-order valence-corrected chi connectivity index (χ4v) is 9.76. The molecule has 288 valence electrons. The van der Waals surface area contributed by atoms with Crippen LogP contribution < -0.4 is 15.1 Å². The van der Waals surface area contributed by atoms with Crippen LogP contribution >= 0.6 is 0 Å². The number of ether oxygens (including phenoxy) is 7. The molecular formula is C37H47F5O9Si. The van der Waals surface area contributed by atoms with Gasteiger partial charge in [-0.05, 0) is 15.4 Å². The van der Waals surface area contributed by atoms with Crippen molar-refractivity contribution in [3.8, 4) is 5.75 Å². The molecule has 52 heavy (non-hydrogen) atoms. The van der Waals surface area contributed by atoms with Gasteiger partial charge >= 0.3 is 5.97 Å². The molecule has 0 aromatic heterocycles. The van der Waals surface area contributed by atoms with Crippen LogP contribution in [0.5, 0.6) is 5.75 Å². The fraction of sp³-hybridized carbons (Fsp3) is 0.486. The van der Waals surface area contributed by atoms with Crippen molar-refractivity contribution >= 4 is 24.7 Å². The summed E-state index contributed by atoms with van der Waals surface area (Å²) in [4.78, 5) is 11.7. The van der Waals surface area contributed by atoms with Gasteiger partial charge in [-0.3, -0.25) is 4.79 Å². The Morgan fingerprint density at radius 1 is 0.500 bits per heavy atom. The van der Waals surface area contributed by atoms with Crippen LogP contribution in [0.1, 0.15) is 27.2 Å². The molecule has 9 nitrogen and oxygen atoms in total. The molecule has 0 aliphatic carbocycles. The Morgan fingerprint density at radius 2 is 0.827 bits per heavy atom. The van der Waals surface area contributed by atoms with E-state index in [9.17, 15) is 26.7 Å². The Labute approximate surface area is 302 Å². The van der Waals surface area contributed by atoms with Gasteiger partial charge in [0, 0.05) is 0 Å². The first-order valence-corrected chi connectivity index (χ1v) is 18.8. The molecule has 0 saturated heterocycles. The van der Waals surface area contributed by atoms with Crippen LogP contribution in [0.15, 0.2) is 60.7 Å². The van der Waals surface area contributed by atoms with Gasteiger partial charge in [-0.2, -0.15) is 8.78 Å². The predicted molar refractivity (Wildman–Crippen MR) is 185 cm³/mol. The standard InChI is InChI=1S/C37H47F5O9Si/c1-37(2,3)52(28-10-6-4-7-11-28,29-12-8-5-9-13-29)50-27-26-49-25-24-48-23-22-47-21-20-46-19-18-45-17-16-44-15-14-30(43)51-36-34(41)32(39)31(38)33(40)35(36)42/h4-13H,14-27H2,1-3H3. The summed E-state index contributed by atoms with van der Waals surface area (Å²) < 4.78 is 110. The molecule has 0 atom stereocenters. The summed E-state index contributed by atoms with van der Waals surface area (Å²) in [5, 5.41) is 2.36. The smallest absolute Gasteiger partial charge is 0.313 e. The maximum Gasteiger partial charge on any atom is 0.313 e. The molecule has 0 saturated carbocycles. The number of carbonyl (C=O) groups excluding carboxylic acids is 1. The Balaban J connectivity index is 1.13. The lowest BCUT2D eigenvalue weighted by atomic mass is 10.2. The molecule has 0 N–H and O–H groups in total. The van der Waals surface area contributed by atoms with Gasteiger partial charge in [-0.15, -0.1) is 0 Å². The minimum Gasteiger partial charge on any atom is -0.420 e. The van der Waals surface area contributed by atoms with Gasteiger partial charge in [0.25, 0.3) is 8.32 Å². The van der Waals surface area contributed by atoms with Crippen LogP contribution in [-0.2, 0) is 37.6 Å². The van der Waals surface area contributed by atoms with Crippen molar-refractivity contribution in [2.24, 2.45) is 0 Å². The van der Waals surface area contributed by atoms with Crippen LogP contribution in [0.2, 0.25) is 5.04 Å². The van der Waals surface area contributed by atoms with Crippen molar-refractivity contribution in [3.05, 3.63) is 89.7 Å². The number of rotatable bonds is 25. The normalized spacial score (nSPS) is 12.0. The highest BCUT2D eigenvalue weighted by molar-refractivity contribution is 6.99. The summed E-state index contributed by atoms with van der Waals surface area (Å²) >= 11 is 0. The molecule has 0 radical (unpaired) electrons. The van der Waals surface area contributed by atoms with Crippen molar-refractivity contribution in [1.82, 2.24) is 0 Å². The molecule has 0 amide bonds. The SMILES string of the molecule is CC(C)(C)[Si](OCCOCCOCCOCCOCCOCCOCCC(=O)Oc1c(F)c(F)c(F)c(F)c1F)(c1ccccc1)c1ccccc1. The van der Waals surface area contributed by atoms with E-state index in [1.54, 1.807) is 0 Å². The van der Waals surface area contributed by atoms with E-state index in [4.69, 9.17) is 32.8 Å². The van der Waals surface area contributed by atoms with E-state index < -0.39 is 55.5 Å². The van der Waals surface area contributed by atoms with E-state index in [0.29, 0.717) is 59.5 Å². The van der Waals surface area contributed by atoms with Crippen LogP contribution in [0.4, 0.5) is 22.0 Å². The maximum atomic E-state index is 13.6. The number of benzene rings is 3. The Bertz CT molecular complexity index is 1410. The van der Waals surface area contributed by atoms with Crippen molar-refractivity contribution in [3.63, 3.8) is 0 Å². The fourth-order valence-electron chi connectivity index (χ4n) is 5.21. The molecule has 0 aliphatic heterocycles. The topological polar surface area (TPSA) is 90.9 Å². The summed E-state index contributed by atoms with van der Waals surface area (Å²) in [6, 6.07) is 20.9. The molecule has 0 aliphatic rings. The van der Waals surface area contributed by atoms with Gasteiger partial charge in [0.1, 0.15) is 0 Å². The molecule has 0 fully saturated rings. The van der Waals surface area contributed by atoms with Gasteiger partial charge in [0.05, 0.1) is 92.3 Å². The highest BCUT2D eigenvalue weighted by atomic mass is 28.4. The van der Waals surface area contributed by atoms with Crippen molar-refractivity contribution in [2.45, 2.75) is 32.2 Å². The van der Waals surface area contributed by atoms with Gasteiger partial charge in [-0.25, -0.2) is 13.2 Å². The predicted octanol–water partition coefficient (Wildman–Crippen LogP) is 5.35. The Morgan fingerprint density at radius 3 is 1.19 bits per heavy atom. The average molecular weight is 759 g/mol. The lowest BCUT2D eigenvalue weighted by Gasteiger charge is -2.43. The first kappa shape index (κ1) is 43.1. The second-order valence-electron chi connectivity index (χ2n) is 12.3. The van der Waals surface area contributed by atoms with Gasteiger partial charge in [0.15, 0.2) is 0 Å². The van der Waals surface area contributed by atoms with Crippen LogP contribution in [0.3, 0.4) is 0 Å². The Hall–Kier alpha value is -3.28. The van der Waals surface area contributed by atoms with E-state index in [0.717, 1.165) is 0 Å². The molecule has 3 aromatic carbocycles. The highest BCUT2D eigenvalue weighted by Gasteiger charge is 2.50. The van der Waals surface area contributed by atoms with Crippen LogP contribution in [-0.4, -0.2) is 100 Å². The lowest BCUT2D eigenvalue weighted by molar-refractivity contribution is -0.136. The van der Waals surface area contributed by atoms with Crippen molar-refractivity contribution < 1.29 is 64.3 Å². The van der Waals surface area contributed by atoms with Crippen molar-refractivity contribution in [1.29, 1.82) is 0 Å². The summed E-state index contributed by atoms with van der Waals surface area (Å²) in [6.07, 6.45) is -0.485. The number of carbonyl (C=O) groups is 1. The number of hydrogen-bond acceptors (Lipinski definition) is 9. The van der Waals surface area contributed by atoms with Gasteiger partial charge in [0.2, 0.25) is 34.8 Å². The Kier molecular flexibility index (Phi) is 18.8. The first-order valence-electron chi connectivity index (χ1n) is 16.9. The maximum absolute atomic E-state index is 13.6. The second-order valence-corrected chi connectivity index (χ2v) is 16.6. The van der Waals surface area contributed by atoms with E-state index in [2.05, 4.69) is 74.0 Å². The van der Waals surface area contributed by atoms with Gasteiger partial charge in [-0.1, -0.05) is 81.4 Å². The minimum atomic E-state index is -2.58. The largest absolute Gasteiger partial charge is 0.420 e. The van der Waals surface area contributed by atoms with E-state index in [1.807, 2.05) is 12.1 Å². The zero-order chi connectivity index (χ0) is 37.8. The third-order valence-electron chi connectivity index (χ3n) is 7.66. The molecule has 0 spiro atoms. The lowest BCUT2D eigenvalue weighted by Crippen LogP contribution is -2.66. The third kappa shape index (κ3) is 13.0. The summed E-state index contributed by atoms with van der Waals surface area (Å²) in [5.74, 6) is -14.1. The molecule has 0 heterocycles. The molecule has 3 aromatic rings. The molecule has 15 heteroatoms. The summed E-state index contributed by atoms with van der Waals surface area (Å²) in [6.45, 7) is 10.7. The van der Waals surface area contributed by atoms with Gasteiger partial charge < -0.3 is 37.6 Å². The quantitative estimate of drug-likeness (QED) is 0.0216. The number of esters is 1. The summed E-state index contributed by atoms with van der Waals surface area (Å²) in [5.41, 5.74) is 0. The highest BCUT2D eigenvalue weighted by Crippen LogP contribution is 2.36. The van der Waals surface area contributed by atoms with E-state index >= 15 is 0 Å². The van der Waals surface area contributed by atoms with Crippen LogP contribution in [0, 0.1) is 29.1 Å². The number of halogens is 5. The number of hydrogen-bond donors (Lipinski definition) is 0.